The first-order valence-corrected chi connectivity index (χ1v) is 9.79. The van der Waals surface area contributed by atoms with Gasteiger partial charge in [-0.25, -0.2) is 9.36 Å². The van der Waals surface area contributed by atoms with Crippen molar-refractivity contribution in [3.05, 3.63) is 100 Å². The summed E-state index contributed by atoms with van der Waals surface area (Å²) in [4.78, 5) is 26.0. The molecule has 2 heterocycles. The molecule has 1 aromatic heterocycles. The lowest BCUT2D eigenvalue weighted by atomic mass is 9.85. The van der Waals surface area contributed by atoms with Gasteiger partial charge in [-0.05, 0) is 18.1 Å². The van der Waals surface area contributed by atoms with Crippen molar-refractivity contribution in [3.8, 4) is 0 Å². The predicted molar refractivity (Wildman–Crippen MR) is 108 cm³/mol. The number of hydrogen-bond donors (Lipinski definition) is 0. The largest absolute Gasteiger partial charge is 0.425 e. The summed E-state index contributed by atoms with van der Waals surface area (Å²) in [5.74, 6) is -0.687. The van der Waals surface area contributed by atoms with Gasteiger partial charge in [-0.3, -0.25) is 4.79 Å². The minimum Gasteiger partial charge on any atom is -0.416 e. The minimum absolute atomic E-state index is 0.101. The monoisotopic (exact) mass is 377 g/mol. The van der Waals surface area contributed by atoms with E-state index >= 15 is 0 Å². The van der Waals surface area contributed by atoms with Crippen molar-refractivity contribution in [2.45, 2.75) is 12.8 Å². The Balaban J connectivity index is 1.76. The topological polar surface area (TPSA) is 52.2 Å². The zero-order valence-electron chi connectivity index (χ0n) is 14.9. The molecular formula is C22H19NO3S. The summed E-state index contributed by atoms with van der Waals surface area (Å²) in [6.07, 6.45) is 4.81. The molecule has 4 rings (SSSR count). The third-order valence-corrected chi connectivity index (χ3v) is 6.04. The number of carbonyl (C=O) groups excluding carboxylic acids is 1. The van der Waals surface area contributed by atoms with E-state index in [0.717, 1.165) is 20.6 Å². The van der Waals surface area contributed by atoms with Crippen LogP contribution >= 0.6 is 11.8 Å². The van der Waals surface area contributed by atoms with E-state index in [0.29, 0.717) is 5.75 Å². The molecule has 0 aliphatic carbocycles. The van der Waals surface area contributed by atoms with Crippen molar-refractivity contribution in [1.29, 1.82) is 0 Å². The number of nitrogens with zero attached hydrogens (tertiary/aromatic N) is 1. The summed E-state index contributed by atoms with van der Waals surface area (Å²) in [6.45, 7) is 2.04. The van der Waals surface area contributed by atoms with Gasteiger partial charge in [0.1, 0.15) is 6.26 Å². The third-order valence-electron chi connectivity index (χ3n) is 4.83. The van der Waals surface area contributed by atoms with Gasteiger partial charge in [-0.2, -0.15) is 0 Å². The normalized spacial score (nSPS) is 19.5. The number of hydrogen-bond acceptors (Lipinski definition) is 4. The van der Waals surface area contributed by atoms with E-state index in [1.807, 2.05) is 25.1 Å². The zero-order valence-corrected chi connectivity index (χ0v) is 15.7. The number of allylic oxidation sites excluding steroid dienone is 1. The summed E-state index contributed by atoms with van der Waals surface area (Å²) in [5.41, 5.74) is 3.39. The van der Waals surface area contributed by atoms with E-state index in [2.05, 4.69) is 42.5 Å². The number of oxazole rings is 1. The molecule has 136 valence electrons. The van der Waals surface area contributed by atoms with Crippen LogP contribution in [0.15, 0.2) is 82.3 Å². The van der Waals surface area contributed by atoms with Crippen molar-refractivity contribution in [1.82, 2.24) is 4.57 Å². The first kappa shape index (κ1) is 17.6. The summed E-state index contributed by atoms with van der Waals surface area (Å²) < 4.78 is 5.87. The maximum Gasteiger partial charge on any atom is 0.425 e. The summed E-state index contributed by atoms with van der Waals surface area (Å²) in [7, 11) is 0. The molecular weight excluding hydrogens is 358 g/mol. The fraction of sp³-hybridized carbons (Fsp3) is 0.182. The SMILES string of the molecule is Cc1ccc([C@@H]2C=C(c3ccccc3)SC[C@@H]2C(=O)n2ccoc2=O)cc1. The molecule has 1 aliphatic heterocycles. The van der Waals surface area contributed by atoms with Crippen molar-refractivity contribution in [3.63, 3.8) is 0 Å². The van der Waals surface area contributed by atoms with E-state index in [1.54, 1.807) is 11.8 Å². The molecule has 0 fully saturated rings. The second kappa shape index (κ2) is 7.45. The number of thioether (sulfide) groups is 1. The van der Waals surface area contributed by atoms with Crippen molar-refractivity contribution in [2.24, 2.45) is 5.92 Å². The highest BCUT2D eigenvalue weighted by Gasteiger charge is 2.34. The van der Waals surface area contributed by atoms with Crippen LogP contribution < -0.4 is 5.76 Å². The van der Waals surface area contributed by atoms with Gasteiger partial charge in [0.05, 0.1) is 12.1 Å². The van der Waals surface area contributed by atoms with Crippen LogP contribution in [0.2, 0.25) is 0 Å². The highest BCUT2D eigenvalue weighted by atomic mass is 32.2. The van der Waals surface area contributed by atoms with Crippen LogP contribution in [-0.2, 0) is 0 Å². The molecule has 0 bridgehead atoms. The number of benzene rings is 2. The van der Waals surface area contributed by atoms with E-state index in [9.17, 15) is 9.59 Å². The van der Waals surface area contributed by atoms with Gasteiger partial charge >= 0.3 is 5.76 Å². The molecule has 2 atom stereocenters. The maximum atomic E-state index is 13.0. The molecule has 3 aromatic rings. The number of carbonyl (C=O) groups is 1. The van der Waals surface area contributed by atoms with Crippen molar-refractivity contribution < 1.29 is 9.21 Å². The molecule has 0 radical (unpaired) electrons. The number of rotatable bonds is 3. The molecule has 2 aromatic carbocycles. The number of aromatic nitrogens is 1. The smallest absolute Gasteiger partial charge is 0.416 e. The standard InChI is InChI=1S/C22H19NO3S/c1-15-7-9-16(10-8-15)18-13-20(17-5-3-2-4-6-17)27-14-19(18)21(24)23-11-12-26-22(23)25/h2-13,18-19H,14H2,1H3/t18-,19-/m0/s1. The maximum absolute atomic E-state index is 13.0. The first-order chi connectivity index (χ1) is 13.1. The summed E-state index contributed by atoms with van der Waals surface area (Å²) in [5, 5.41) is 0. The van der Waals surface area contributed by atoms with Gasteiger partial charge in [0, 0.05) is 16.6 Å². The van der Waals surface area contributed by atoms with Crippen LogP contribution in [-0.4, -0.2) is 16.2 Å². The van der Waals surface area contributed by atoms with Gasteiger partial charge in [-0.15, -0.1) is 11.8 Å². The van der Waals surface area contributed by atoms with Crippen LogP contribution in [0.3, 0.4) is 0 Å². The summed E-state index contributed by atoms with van der Waals surface area (Å²) >= 11 is 1.65. The fourth-order valence-electron chi connectivity index (χ4n) is 3.34. The Labute approximate surface area is 161 Å². The lowest BCUT2D eigenvalue weighted by molar-refractivity contribution is 0.0829. The highest BCUT2D eigenvalue weighted by Crippen LogP contribution is 2.43. The van der Waals surface area contributed by atoms with Crippen LogP contribution in [0.5, 0.6) is 0 Å². The second-order valence-electron chi connectivity index (χ2n) is 6.63. The van der Waals surface area contributed by atoms with Gasteiger partial charge in [0.2, 0.25) is 5.91 Å². The minimum atomic E-state index is -0.634. The fourth-order valence-corrected chi connectivity index (χ4v) is 4.60. The quantitative estimate of drug-likeness (QED) is 0.670. The Bertz CT molecular complexity index is 1030. The Kier molecular flexibility index (Phi) is 4.86. The molecule has 0 N–H and O–H groups in total. The molecule has 27 heavy (non-hydrogen) atoms. The first-order valence-electron chi connectivity index (χ1n) is 8.80. The second-order valence-corrected chi connectivity index (χ2v) is 7.69. The van der Waals surface area contributed by atoms with Gasteiger partial charge < -0.3 is 4.42 Å². The van der Waals surface area contributed by atoms with Crippen LogP contribution in [0.1, 0.15) is 27.4 Å². The number of aryl methyl sites for hydroxylation is 1. The average molecular weight is 377 g/mol. The molecule has 4 nitrogen and oxygen atoms in total. The lowest BCUT2D eigenvalue weighted by Crippen LogP contribution is -2.34. The Morgan fingerprint density at radius 1 is 1.11 bits per heavy atom. The molecule has 0 saturated carbocycles. The highest BCUT2D eigenvalue weighted by molar-refractivity contribution is 8.08. The van der Waals surface area contributed by atoms with E-state index in [4.69, 9.17) is 4.42 Å². The Morgan fingerprint density at radius 3 is 2.52 bits per heavy atom. The van der Waals surface area contributed by atoms with Gasteiger partial charge in [0.25, 0.3) is 0 Å². The van der Waals surface area contributed by atoms with E-state index in [1.165, 1.54) is 18.0 Å². The molecule has 1 aliphatic rings. The van der Waals surface area contributed by atoms with Crippen molar-refractivity contribution >= 4 is 22.6 Å². The molecule has 5 heteroatoms. The lowest BCUT2D eigenvalue weighted by Gasteiger charge is -2.29. The van der Waals surface area contributed by atoms with Crippen molar-refractivity contribution in [2.75, 3.05) is 5.75 Å². The van der Waals surface area contributed by atoms with Crippen LogP contribution in [0, 0.1) is 12.8 Å². The average Bonchev–Trinajstić information content (AvgIpc) is 3.14. The molecule has 0 saturated heterocycles. The van der Waals surface area contributed by atoms with Crippen LogP contribution in [0.25, 0.3) is 4.91 Å². The molecule has 0 spiro atoms. The predicted octanol–water partition coefficient (Wildman–Crippen LogP) is 4.58. The van der Waals surface area contributed by atoms with Gasteiger partial charge in [-0.1, -0.05) is 66.2 Å². The van der Waals surface area contributed by atoms with Crippen LogP contribution in [0.4, 0.5) is 0 Å². The van der Waals surface area contributed by atoms with E-state index < -0.39 is 5.76 Å². The summed E-state index contributed by atoms with van der Waals surface area (Å²) in [6, 6.07) is 18.4. The Hall–Kier alpha value is -2.79. The van der Waals surface area contributed by atoms with E-state index in [-0.39, 0.29) is 17.7 Å². The molecule has 0 unspecified atom stereocenters. The molecule has 0 amide bonds. The Morgan fingerprint density at radius 2 is 1.85 bits per heavy atom. The third kappa shape index (κ3) is 3.55. The zero-order chi connectivity index (χ0) is 18.8. The van der Waals surface area contributed by atoms with Gasteiger partial charge in [0.15, 0.2) is 0 Å².